The summed E-state index contributed by atoms with van der Waals surface area (Å²) in [4.78, 5) is 12.9. The molecule has 0 heterocycles. The first-order valence-corrected chi connectivity index (χ1v) is 12.3. The summed E-state index contributed by atoms with van der Waals surface area (Å²) in [6.45, 7) is 3.85. The zero-order chi connectivity index (χ0) is 23.1. The van der Waals surface area contributed by atoms with E-state index in [1.54, 1.807) is 36.4 Å². The number of rotatable bonds is 9. The van der Waals surface area contributed by atoms with Gasteiger partial charge in [-0.2, -0.15) is 0 Å². The third-order valence-corrected chi connectivity index (χ3v) is 7.33. The van der Waals surface area contributed by atoms with E-state index in [4.69, 9.17) is 11.6 Å². The summed E-state index contributed by atoms with van der Waals surface area (Å²) < 4.78 is 28.0. The standard InChI is InChI=1S/C25H27ClN2O3S/c1-19-13-15-22(16-14-19)32(30,31)28(24-12-6-3-8-20(24)2)18-25(29)27-17-7-10-21-9-4-5-11-23(21)26/h3-6,8-9,11-16H,7,10,17-18H2,1-2H3,(H,27,29). The molecular formula is C25H27ClN2O3S. The normalized spacial score (nSPS) is 11.2. The molecular weight excluding hydrogens is 444 g/mol. The van der Waals surface area contributed by atoms with E-state index in [1.807, 2.05) is 50.2 Å². The van der Waals surface area contributed by atoms with Gasteiger partial charge >= 0.3 is 0 Å². The quantitative estimate of drug-likeness (QED) is 0.452. The van der Waals surface area contributed by atoms with Crippen LogP contribution in [0.3, 0.4) is 0 Å². The molecule has 3 rings (SSSR count). The van der Waals surface area contributed by atoms with Crippen molar-refractivity contribution in [3.8, 4) is 0 Å². The van der Waals surface area contributed by atoms with Crippen molar-refractivity contribution < 1.29 is 13.2 Å². The predicted octanol–water partition coefficient (Wildman–Crippen LogP) is 4.90. The second-order valence-corrected chi connectivity index (χ2v) is 9.93. The van der Waals surface area contributed by atoms with Gasteiger partial charge in [0.2, 0.25) is 5.91 Å². The first kappa shape index (κ1) is 23.8. The fraction of sp³-hybridized carbons (Fsp3) is 0.240. The molecule has 0 saturated carbocycles. The predicted molar refractivity (Wildman–Crippen MR) is 130 cm³/mol. The van der Waals surface area contributed by atoms with E-state index >= 15 is 0 Å². The molecule has 0 aromatic heterocycles. The minimum Gasteiger partial charge on any atom is -0.355 e. The van der Waals surface area contributed by atoms with Gasteiger partial charge < -0.3 is 5.32 Å². The van der Waals surface area contributed by atoms with Gasteiger partial charge in [-0.15, -0.1) is 0 Å². The van der Waals surface area contributed by atoms with E-state index < -0.39 is 10.0 Å². The van der Waals surface area contributed by atoms with Gasteiger partial charge in [0.1, 0.15) is 6.54 Å². The molecule has 0 aliphatic rings. The van der Waals surface area contributed by atoms with E-state index in [9.17, 15) is 13.2 Å². The number of benzene rings is 3. The molecule has 1 N–H and O–H groups in total. The average molecular weight is 471 g/mol. The van der Waals surface area contributed by atoms with Gasteiger partial charge in [0.25, 0.3) is 10.0 Å². The molecule has 0 atom stereocenters. The second-order valence-electron chi connectivity index (χ2n) is 7.66. The Morgan fingerprint density at radius 3 is 2.28 bits per heavy atom. The lowest BCUT2D eigenvalue weighted by Gasteiger charge is -2.25. The van der Waals surface area contributed by atoms with E-state index in [1.165, 1.54) is 4.31 Å². The van der Waals surface area contributed by atoms with Crippen molar-refractivity contribution in [2.24, 2.45) is 0 Å². The number of aryl methyl sites for hydroxylation is 3. The first-order valence-electron chi connectivity index (χ1n) is 10.4. The number of para-hydroxylation sites is 1. The Balaban J connectivity index is 1.73. The van der Waals surface area contributed by atoms with Crippen molar-refractivity contribution in [1.29, 1.82) is 0 Å². The van der Waals surface area contributed by atoms with Gasteiger partial charge in [-0.1, -0.05) is 65.7 Å². The number of sulfonamides is 1. The lowest BCUT2D eigenvalue weighted by Crippen LogP contribution is -2.41. The number of halogens is 1. The number of nitrogens with zero attached hydrogens (tertiary/aromatic N) is 1. The summed E-state index contributed by atoms with van der Waals surface area (Å²) >= 11 is 6.17. The summed E-state index contributed by atoms with van der Waals surface area (Å²) in [6, 6.07) is 21.4. The van der Waals surface area contributed by atoms with Crippen LogP contribution < -0.4 is 9.62 Å². The number of amides is 1. The van der Waals surface area contributed by atoms with Crippen LogP contribution in [0.15, 0.2) is 77.7 Å². The highest BCUT2D eigenvalue weighted by atomic mass is 35.5. The maximum Gasteiger partial charge on any atom is 0.264 e. The van der Waals surface area contributed by atoms with E-state index in [0.717, 1.165) is 23.1 Å². The SMILES string of the molecule is Cc1ccc(S(=O)(=O)N(CC(=O)NCCCc2ccccc2Cl)c2ccccc2C)cc1. The summed E-state index contributed by atoms with van der Waals surface area (Å²) in [5, 5.41) is 3.54. The molecule has 3 aromatic carbocycles. The molecule has 0 radical (unpaired) electrons. The van der Waals surface area contributed by atoms with Gasteiger partial charge in [0, 0.05) is 11.6 Å². The number of nitrogens with one attached hydrogen (secondary N) is 1. The van der Waals surface area contributed by atoms with E-state index in [2.05, 4.69) is 5.32 Å². The smallest absolute Gasteiger partial charge is 0.264 e. The lowest BCUT2D eigenvalue weighted by molar-refractivity contribution is -0.119. The van der Waals surface area contributed by atoms with Crippen LogP contribution >= 0.6 is 11.6 Å². The molecule has 1 amide bonds. The van der Waals surface area contributed by atoms with Crippen LogP contribution in [-0.2, 0) is 21.2 Å². The van der Waals surface area contributed by atoms with Crippen LogP contribution in [0.2, 0.25) is 5.02 Å². The van der Waals surface area contributed by atoms with Crippen LogP contribution in [-0.4, -0.2) is 27.4 Å². The minimum atomic E-state index is -3.91. The fourth-order valence-corrected chi connectivity index (χ4v) is 5.09. The highest BCUT2D eigenvalue weighted by molar-refractivity contribution is 7.92. The monoisotopic (exact) mass is 470 g/mol. The Morgan fingerprint density at radius 2 is 1.59 bits per heavy atom. The minimum absolute atomic E-state index is 0.151. The van der Waals surface area contributed by atoms with Crippen molar-refractivity contribution in [1.82, 2.24) is 5.32 Å². The maximum absolute atomic E-state index is 13.4. The number of carbonyl (C=O) groups is 1. The van der Waals surface area contributed by atoms with Crippen molar-refractivity contribution in [2.75, 3.05) is 17.4 Å². The lowest BCUT2D eigenvalue weighted by atomic mass is 10.1. The average Bonchev–Trinajstić information content (AvgIpc) is 2.77. The third-order valence-electron chi connectivity index (χ3n) is 5.18. The molecule has 5 nitrogen and oxygen atoms in total. The Labute approximate surface area is 195 Å². The summed E-state index contributed by atoms with van der Waals surface area (Å²) in [7, 11) is -3.91. The number of hydrogen-bond acceptors (Lipinski definition) is 3. The van der Waals surface area contributed by atoms with E-state index in [0.29, 0.717) is 23.7 Å². The zero-order valence-corrected chi connectivity index (χ0v) is 19.8. The van der Waals surface area contributed by atoms with Crippen LogP contribution in [0.1, 0.15) is 23.1 Å². The topological polar surface area (TPSA) is 66.5 Å². The van der Waals surface area contributed by atoms with Gasteiger partial charge in [-0.05, 0) is 62.1 Å². The highest BCUT2D eigenvalue weighted by Gasteiger charge is 2.28. The molecule has 0 fully saturated rings. The Kier molecular flexibility index (Phi) is 7.94. The van der Waals surface area contributed by atoms with Crippen LogP contribution in [0.5, 0.6) is 0 Å². The van der Waals surface area contributed by atoms with Crippen molar-refractivity contribution >= 4 is 33.2 Å². The molecule has 0 spiro atoms. The highest BCUT2D eigenvalue weighted by Crippen LogP contribution is 2.26. The van der Waals surface area contributed by atoms with Crippen molar-refractivity contribution in [3.05, 3.63) is 94.5 Å². The summed E-state index contributed by atoms with van der Waals surface area (Å²) in [5.74, 6) is -0.358. The van der Waals surface area contributed by atoms with Crippen LogP contribution in [0, 0.1) is 13.8 Å². The molecule has 0 unspecified atom stereocenters. The maximum atomic E-state index is 13.4. The number of carbonyl (C=O) groups excluding carboxylic acids is 1. The second kappa shape index (κ2) is 10.7. The fourth-order valence-electron chi connectivity index (χ4n) is 3.37. The Hall–Kier alpha value is -2.83. The first-order chi connectivity index (χ1) is 15.3. The van der Waals surface area contributed by atoms with Gasteiger partial charge in [0.15, 0.2) is 0 Å². The molecule has 168 valence electrons. The van der Waals surface area contributed by atoms with Crippen LogP contribution in [0.25, 0.3) is 0 Å². The molecule has 0 bridgehead atoms. The van der Waals surface area contributed by atoms with Crippen molar-refractivity contribution in [2.45, 2.75) is 31.6 Å². The summed E-state index contributed by atoms with van der Waals surface area (Å²) in [5.41, 5.74) is 3.24. The summed E-state index contributed by atoms with van der Waals surface area (Å²) in [6.07, 6.45) is 1.42. The molecule has 0 saturated heterocycles. The number of anilines is 1. The number of hydrogen-bond donors (Lipinski definition) is 1. The van der Waals surface area contributed by atoms with E-state index in [-0.39, 0.29) is 17.3 Å². The Morgan fingerprint density at radius 1 is 0.938 bits per heavy atom. The van der Waals surface area contributed by atoms with Gasteiger partial charge in [0.05, 0.1) is 10.6 Å². The molecule has 0 aliphatic heterocycles. The van der Waals surface area contributed by atoms with Crippen LogP contribution in [0.4, 0.5) is 5.69 Å². The van der Waals surface area contributed by atoms with Gasteiger partial charge in [-0.25, -0.2) is 8.42 Å². The largest absolute Gasteiger partial charge is 0.355 e. The van der Waals surface area contributed by atoms with Crippen molar-refractivity contribution in [3.63, 3.8) is 0 Å². The molecule has 32 heavy (non-hydrogen) atoms. The zero-order valence-electron chi connectivity index (χ0n) is 18.2. The van der Waals surface area contributed by atoms with Gasteiger partial charge in [-0.3, -0.25) is 9.10 Å². The Bertz CT molecular complexity index is 1180. The molecule has 3 aromatic rings. The molecule has 0 aliphatic carbocycles. The third kappa shape index (κ3) is 5.90. The molecule has 7 heteroatoms.